The van der Waals surface area contributed by atoms with E-state index in [0.29, 0.717) is 12.6 Å². The van der Waals surface area contributed by atoms with E-state index in [2.05, 4.69) is 46.5 Å². The van der Waals surface area contributed by atoms with Crippen molar-refractivity contribution in [2.24, 2.45) is 0 Å². The number of ether oxygens (including phenoxy) is 2. The highest BCUT2D eigenvalue weighted by Gasteiger charge is 2.26. The van der Waals surface area contributed by atoms with Crippen LogP contribution in [0.4, 0.5) is 5.69 Å². The van der Waals surface area contributed by atoms with E-state index in [9.17, 15) is 0 Å². The van der Waals surface area contributed by atoms with Crippen LogP contribution in [-0.4, -0.2) is 24.7 Å². The summed E-state index contributed by atoms with van der Waals surface area (Å²) in [6, 6.07) is 17.0. The number of benzene rings is 2. The zero-order valence-electron chi connectivity index (χ0n) is 14.6. The van der Waals surface area contributed by atoms with Crippen LogP contribution in [-0.2, 0) is 6.61 Å². The third kappa shape index (κ3) is 3.43. The van der Waals surface area contributed by atoms with Crippen LogP contribution >= 0.6 is 0 Å². The number of hydrogen-bond donors (Lipinski definition) is 0. The van der Waals surface area contributed by atoms with Crippen LogP contribution < -0.4 is 14.4 Å². The van der Waals surface area contributed by atoms with Crippen LogP contribution in [0.25, 0.3) is 0 Å². The van der Waals surface area contributed by atoms with E-state index in [-0.39, 0.29) is 0 Å². The molecule has 1 saturated carbocycles. The van der Waals surface area contributed by atoms with Crippen LogP contribution in [0.15, 0.2) is 60.9 Å². The van der Waals surface area contributed by atoms with E-state index >= 15 is 0 Å². The van der Waals surface area contributed by atoms with Crippen molar-refractivity contribution in [1.29, 1.82) is 0 Å². The average molecular weight is 336 g/mol. The Bertz CT molecular complexity index is 741. The van der Waals surface area contributed by atoms with Crippen molar-refractivity contribution in [1.82, 2.24) is 4.90 Å². The summed E-state index contributed by atoms with van der Waals surface area (Å²) in [5, 5.41) is 0. The molecule has 2 aliphatic rings. The predicted molar refractivity (Wildman–Crippen MR) is 99.7 cm³/mol. The van der Waals surface area contributed by atoms with E-state index in [1.165, 1.54) is 19.3 Å². The Morgan fingerprint density at radius 3 is 2.56 bits per heavy atom. The Morgan fingerprint density at radius 2 is 1.84 bits per heavy atom. The molecule has 1 aliphatic heterocycles. The molecule has 2 aromatic carbocycles. The molecule has 4 nitrogen and oxygen atoms in total. The molecule has 1 heterocycles. The topological polar surface area (TPSA) is 24.9 Å². The Labute approximate surface area is 149 Å². The standard InChI is InChI=1S/C21H24N2O2/c1-24-20-11-10-19(23-13-12-22(16-23)18-8-5-9-18)14-21(20)25-15-17-6-3-2-4-7-17/h2-4,6-7,10-14,18H,5,8-9,15-16H2,1H3. The van der Waals surface area contributed by atoms with Gasteiger partial charge in [-0.25, -0.2) is 0 Å². The van der Waals surface area contributed by atoms with Gasteiger partial charge in [-0.15, -0.1) is 0 Å². The Hall–Kier alpha value is -2.62. The number of nitrogens with zero attached hydrogens (tertiary/aromatic N) is 2. The van der Waals surface area contributed by atoms with Gasteiger partial charge in [-0.3, -0.25) is 0 Å². The molecule has 0 unspecified atom stereocenters. The first-order chi connectivity index (χ1) is 12.3. The first-order valence-corrected chi connectivity index (χ1v) is 8.89. The molecular formula is C21H24N2O2. The SMILES string of the molecule is COc1ccc(N2C=CN(C3CCC3)C2)cc1OCc1ccccc1. The molecule has 1 fully saturated rings. The molecular weight excluding hydrogens is 312 g/mol. The molecule has 0 spiro atoms. The summed E-state index contributed by atoms with van der Waals surface area (Å²) in [6.45, 7) is 1.44. The summed E-state index contributed by atoms with van der Waals surface area (Å²) in [6.07, 6.45) is 8.34. The first-order valence-electron chi connectivity index (χ1n) is 8.89. The van der Waals surface area contributed by atoms with Crippen molar-refractivity contribution in [3.63, 3.8) is 0 Å². The third-order valence-electron chi connectivity index (χ3n) is 5.01. The van der Waals surface area contributed by atoms with Gasteiger partial charge >= 0.3 is 0 Å². The van der Waals surface area contributed by atoms with Crippen LogP contribution in [0.5, 0.6) is 11.5 Å². The normalized spacial score (nSPS) is 16.8. The first kappa shape index (κ1) is 15.9. The highest BCUT2D eigenvalue weighted by atomic mass is 16.5. The van der Waals surface area contributed by atoms with Crippen LogP contribution in [0.2, 0.25) is 0 Å². The Kier molecular flexibility index (Phi) is 4.51. The van der Waals surface area contributed by atoms with E-state index in [0.717, 1.165) is 29.4 Å². The van der Waals surface area contributed by atoms with Gasteiger partial charge in [0.25, 0.3) is 0 Å². The monoisotopic (exact) mass is 336 g/mol. The van der Waals surface area contributed by atoms with Gasteiger partial charge in [0.2, 0.25) is 0 Å². The highest BCUT2D eigenvalue weighted by molar-refractivity contribution is 5.58. The van der Waals surface area contributed by atoms with Crippen molar-refractivity contribution in [2.45, 2.75) is 31.9 Å². The van der Waals surface area contributed by atoms with Gasteiger partial charge in [-0.05, 0) is 37.0 Å². The second kappa shape index (κ2) is 7.09. The molecule has 130 valence electrons. The molecule has 4 heteroatoms. The Morgan fingerprint density at radius 1 is 1.00 bits per heavy atom. The molecule has 0 atom stereocenters. The van der Waals surface area contributed by atoms with Crippen molar-refractivity contribution in [3.8, 4) is 11.5 Å². The predicted octanol–water partition coefficient (Wildman–Crippen LogP) is 4.38. The summed E-state index contributed by atoms with van der Waals surface area (Å²) in [5.41, 5.74) is 2.27. The highest BCUT2D eigenvalue weighted by Crippen LogP contribution is 2.35. The lowest BCUT2D eigenvalue weighted by Gasteiger charge is -2.35. The maximum absolute atomic E-state index is 6.03. The van der Waals surface area contributed by atoms with Crippen molar-refractivity contribution < 1.29 is 9.47 Å². The fourth-order valence-electron chi connectivity index (χ4n) is 3.25. The zero-order valence-corrected chi connectivity index (χ0v) is 14.6. The van der Waals surface area contributed by atoms with E-state index < -0.39 is 0 Å². The lowest BCUT2D eigenvalue weighted by molar-refractivity contribution is 0.197. The number of hydrogen-bond acceptors (Lipinski definition) is 4. The van der Waals surface area contributed by atoms with E-state index in [1.54, 1.807) is 7.11 Å². The van der Waals surface area contributed by atoms with Crippen LogP contribution in [0.3, 0.4) is 0 Å². The van der Waals surface area contributed by atoms with Gasteiger partial charge in [-0.2, -0.15) is 0 Å². The van der Waals surface area contributed by atoms with Gasteiger partial charge in [-0.1, -0.05) is 30.3 Å². The number of methoxy groups -OCH3 is 1. The van der Waals surface area contributed by atoms with Gasteiger partial charge < -0.3 is 19.3 Å². The summed E-state index contributed by atoms with van der Waals surface area (Å²) in [4.78, 5) is 4.69. The zero-order chi connectivity index (χ0) is 17.1. The molecule has 0 amide bonds. The average Bonchev–Trinajstić information content (AvgIpc) is 3.08. The lowest BCUT2D eigenvalue weighted by Crippen LogP contribution is -2.38. The van der Waals surface area contributed by atoms with Crippen LogP contribution in [0, 0.1) is 0 Å². The molecule has 0 bridgehead atoms. The van der Waals surface area contributed by atoms with Crippen molar-refractivity contribution in [3.05, 3.63) is 66.5 Å². The molecule has 0 saturated heterocycles. The second-order valence-corrected chi connectivity index (χ2v) is 6.62. The minimum atomic E-state index is 0.532. The van der Waals surface area contributed by atoms with Crippen molar-refractivity contribution in [2.75, 3.05) is 18.7 Å². The van der Waals surface area contributed by atoms with Gasteiger partial charge in [0.1, 0.15) is 6.61 Å². The quantitative estimate of drug-likeness (QED) is 0.782. The largest absolute Gasteiger partial charge is 0.493 e. The van der Waals surface area contributed by atoms with Gasteiger partial charge in [0.05, 0.1) is 13.8 Å². The second-order valence-electron chi connectivity index (χ2n) is 6.62. The van der Waals surface area contributed by atoms with Gasteiger partial charge in [0, 0.05) is 30.2 Å². The fourth-order valence-corrected chi connectivity index (χ4v) is 3.25. The minimum absolute atomic E-state index is 0.532. The van der Waals surface area contributed by atoms with Crippen molar-refractivity contribution >= 4 is 5.69 Å². The van der Waals surface area contributed by atoms with Crippen LogP contribution in [0.1, 0.15) is 24.8 Å². The molecule has 1 aliphatic carbocycles. The number of anilines is 1. The number of rotatable bonds is 6. The summed E-state index contributed by atoms with van der Waals surface area (Å²) in [5.74, 6) is 1.54. The molecule has 0 aromatic heterocycles. The van der Waals surface area contributed by atoms with E-state index in [4.69, 9.17) is 9.47 Å². The lowest BCUT2D eigenvalue weighted by atomic mass is 9.92. The summed E-state index contributed by atoms with van der Waals surface area (Å²) >= 11 is 0. The molecule has 2 aromatic rings. The molecule has 4 rings (SSSR count). The maximum Gasteiger partial charge on any atom is 0.163 e. The Balaban J connectivity index is 1.47. The third-order valence-corrected chi connectivity index (χ3v) is 5.01. The fraction of sp³-hybridized carbons (Fsp3) is 0.333. The summed E-state index contributed by atoms with van der Waals surface area (Å²) in [7, 11) is 1.68. The summed E-state index contributed by atoms with van der Waals surface area (Å²) < 4.78 is 11.5. The molecule has 0 radical (unpaired) electrons. The van der Waals surface area contributed by atoms with E-state index in [1.807, 2.05) is 24.3 Å². The van der Waals surface area contributed by atoms with Gasteiger partial charge in [0.15, 0.2) is 11.5 Å². The smallest absolute Gasteiger partial charge is 0.163 e. The molecule has 0 N–H and O–H groups in total. The maximum atomic E-state index is 6.03. The molecule has 25 heavy (non-hydrogen) atoms. The minimum Gasteiger partial charge on any atom is -0.493 e.